The van der Waals surface area contributed by atoms with Gasteiger partial charge in [-0.1, -0.05) is 6.92 Å². The van der Waals surface area contributed by atoms with Crippen LogP contribution in [0.3, 0.4) is 0 Å². The normalized spacial score (nSPS) is 10.1. The quantitative estimate of drug-likeness (QED) is 0.841. The third kappa shape index (κ3) is 4.68. The van der Waals surface area contributed by atoms with Crippen LogP contribution in [0.4, 0.5) is 5.82 Å². The van der Waals surface area contributed by atoms with Gasteiger partial charge in [-0.15, -0.1) is 0 Å². The molecule has 0 saturated carbocycles. The fourth-order valence-corrected chi connectivity index (χ4v) is 1.66. The number of aromatic nitrogens is 2. The van der Waals surface area contributed by atoms with Gasteiger partial charge in [-0.3, -0.25) is 4.79 Å². The molecule has 0 aliphatic carbocycles. The summed E-state index contributed by atoms with van der Waals surface area (Å²) >= 11 is 3.33. The van der Waals surface area contributed by atoms with E-state index in [0.717, 1.165) is 22.7 Å². The fraction of sp³-hybridized carbons (Fsp3) is 0.545. The number of carbonyl (C=O) groups excluding carboxylic acids is 1. The summed E-state index contributed by atoms with van der Waals surface area (Å²) in [4.78, 5) is 21.5. The van der Waals surface area contributed by atoms with Gasteiger partial charge in [0.25, 0.3) is 0 Å². The SMILES string of the molecule is CCc1nc(Br)cc(NCCC(=O)N(C)C)n1. The second kappa shape index (κ2) is 6.54. The molecule has 1 rings (SSSR count). The van der Waals surface area contributed by atoms with E-state index in [0.29, 0.717) is 13.0 Å². The zero-order valence-electron chi connectivity index (χ0n) is 10.3. The Labute approximate surface area is 110 Å². The van der Waals surface area contributed by atoms with Gasteiger partial charge in [0.05, 0.1) is 0 Å². The number of halogens is 1. The third-order valence-corrected chi connectivity index (χ3v) is 2.61. The molecule has 0 aliphatic rings. The standard InChI is InChI=1S/C11H17BrN4O/c1-4-9-14-8(12)7-10(15-9)13-6-5-11(17)16(2)3/h7H,4-6H2,1-3H3,(H,13,14,15). The van der Waals surface area contributed by atoms with Crippen LogP contribution in [0.15, 0.2) is 10.7 Å². The van der Waals surface area contributed by atoms with Crippen LogP contribution in [0, 0.1) is 0 Å². The zero-order valence-corrected chi connectivity index (χ0v) is 11.9. The molecule has 0 aromatic carbocycles. The lowest BCUT2D eigenvalue weighted by Crippen LogP contribution is -2.24. The van der Waals surface area contributed by atoms with E-state index in [1.807, 2.05) is 6.92 Å². The van der Waals surface area contributed by atoms with Gasteiger partial charge >= 0.3 is 0 Å². The first kappa shape index (κ1) is 13.9. The first-order valence-electron chi connectivity index (χ1n) is 5.50. The van der Waals surface area contributed by atoms with Gasteiger partial charge in [-0.2, -0.15) is 0 Å². The van der Waals surface area contributed by atoms with Gasteiger partial charge in [0.2, 0.25) is 5.91 Å². The van der Waals surface area contributed by atoms with Gasteiger partial charge in [-0.25, -0.2) is 9.97 Å². The molecule has 0 atom stereocenters. The zero-order chi connectivity index (χ0) is 12.8. The number of anilines is 1. The molecule has 6 heteroatoms. The van der Waals surface area contributed by atoms with Crippen LogP contribution in [-0.2, 0) is 11.2 Å². The number of nitrogens with zero attached hydrogens (tertiary/aromatic N) is 3. The topological polar surface area (TPSA) is 58.1 Å². The van der Waals surface area contributed by atoms with Gasteiger partial charge in [0.15, 0.2) is 0 Å². The predicted molar refractivity (Wildman–Crippen MR) is 70.9 cm³/mol. The lowest BCUT2D eigenvalue weighted by molar-refractivity contribution is -0.128. The van der Waals surface area contributed by atoms with Crippen LogP contribution in [0.5, 0.6) is 0 Å². The Balaban J connectivity index is 2.52. The van der Waals surface area contributed by atoms with Crippen LogP contribution in [0.25, 0.3) is 0 Å². The fourth-order valence-electron chi connectivity index (χ4n) is 1.23. The van der Waals surface area contributed by atoms with E-state index in [-0.39, 0.29) is 5.91 Å². The molecule has 0 bridgehead atoms. The Kier molecular flexibility index (Phi) is 5.34. The van der Waals surface area contributed by atoms with Crippen molar-refractivity contribution in [3.63, 3.8) is 0 Å². The minimum absolute atomic E-state index is 0.0985. The summed E-state index contributed by atoms with van der Waals surface area (Å²) in [6.45, 7) is 2.57. The number of hydrogen-bond donors (Lipinski definition) is 1. The van der Waals surface area contributed by atoms with Crippen LogP contribution in [0.2, 0.25) is 0 Å². The molecule has 17 heavy (non-hydrogen) atoms. The van der Waals surface area contributed by atoms with Crippen molar-refractivity contribution in [2.45, 2.75) is 19.8 Å². The molecule has 1 heterocycles. The van der Waals surface area contributed by atoms with Crippen molar-refractivity contribution in [3.05, 3.63) is 16.5 Å². The average Bonchev–Trinajstić information content (AvgIpc) is 2.27. The van der Waals surface area contributed by atoms with Crippen molar-refractivity contribution in [2.75, 3.05) is 26.0 Å². The van der Waals surface area contributed by atoms with Gasteiger partial charge in [0.1, 0.15) is 16.2 Å². The average molecular weight is 301 g/mol. The molecule has 0 aliphatic heterocycles. The van der Waals surface area contributed by atoms with Crippen LogP contribution in [-0.4, -0.2) is 41.4 Å². The Morgan fingerprint density at radius 2 is 2.18 bits per heavy atom. The van der Waals surface area contributed by atoms with E-state index in [1.54, 1.807) is 25.1 Å². The van der Waals surface area contributed by atoms with E-state index in [4.69, 9.17) is 0 Å². The number of amides is 1. The summed E-state index contributed by atoms with van der Waals surface area (Å²) in [5, 5.41) is 3.12. The monoisotopic (exact) mass is 300 g/mol. The van der Waals surface area contributed by atoms with Crippen LogP contribution < -0.4 is 5.32 Å². The highest BCUT2D eigenvalue weighted by molar-refractivity contribution is 9.10. The lowest BCUT2D eigenvalue weighted by atomic mass is 10.3. The maximum absolute atomic E-state index is 11.4. The smallest absolute Gasteiger partial charge is 0.223 e. The van der Waals surface area contributed by atoms with Gasteiger partial charge < -0.3 is 10.2 Å². The Hall–Kier alpha value is -1.17. The predicted octanol–water partition coefficient (Wildman–Crippen LogP) is 1.69. The summed E-state index contributed by atoms with van der Waals surface area (Å²) in [6.07, 6.45) is 1.24. The molecule has 0 spiro atoms. The highest BCUT2D eigenvalue weighted by Crippen LogP contribution is 2.12. The number of carbonyl (C=O) groups is 1. The van der Waals surface area contributed by atoms with Crippen molar-refractivity contribution in [1.29, 1.82) is 0 Å². The highest BCUT2D eigenvalue weighted by Gasteiger charge is 2.04. The molecular weight excluding hydrogens is 284 g/mol. The first-order chi connectivity index (χ1) is 8.02. The summed E-state index contributed by atoms with van der Waals surface area (Å²) in [6, 6.07) is 1.80. The highest BCUT2D eigenvalue weighted by atomic mass is 79.9. The summed E-state index contributed by atoms with van der Waals surface area (Å²) in [5.41, 5.74) is 0. The van der Waals surface area contributed by atoms with Crippen LogP contribution >= 0.6 is 15.9 Å². The lowest BCUT2D eigenvalue weighted by Gasteiger charge is -2.11. The van der Waals surface area contributed by atoms with E-state index >= 15 is 0 Å². The van der Waals surface area contributed by atoms with Gasteiger partial charge in [-0.05, 0) is 15.9 Å². The van der Waals surface area contributed by atoms with E-state index < -0.39 is 0 Å². The van der Waals surface area contributed by atoms with Crippen molar-refractivity contribution < 1.29 is 4.79 Å². The molecular formula is C11H17BrN4O. The van der Waals surface area contributed by atoms with Gasteiger partial charge in [0, 0.05) is 39.5 Å². The Bertz CT molecular complexity index is 395. The maximum Gasteiger partial charge on any atom is 0.223 e. The van der Waals surface area contributed by atoms with Crippen LogP contribution in [0.1, 0.15) is 19.2 Å². The van der Waals surface area contributed by atoms with Crippen molar-refractivity contribution in [3.8, 4) is 0 Å². The van der Waals surface area contributed by atoms with E-state index in [1.165, 1.54) is 0 Å². The molecule has 0 unspecified atom stereocenters. The van der Waals surface area contributed by atoms with E-state index in [2.05, 4.69) is 31.2 Å². The molecule has 0 saturated heterocycles. The summed E-state index contributed by atoms with van der Waals surface area (Å²) in [7, 11) is 3.50. The van der Waals surface area contributed by atoms with E-state index in [9.17, 15) is 4.79 Å². The molecule has 1 N–H and O–H groups in total. The second-order valence-corrected chi connectivity index (χ2v) is 4.62. The number of rotatable bonds is 5. The minimum atomic E-state index is 0.0985. The van der Waals surface area contributed by atoms with Crippen molar-refractivity contribution >= 4 is 27.7 Å². The Morgan fingerprint density at radius 1 is 1.47 bits per heavy atom. The number of aryl methyl sites for hydroxylation is 1. The molecule has 94 valence electrons. The summed E-state index contributed by atoms with van der Waals surface area (Å²) < 4.78 is 0.755. The maximum atomic E-state index is 11.4. The molecule has 5 nitrogen and oxygen atoms in total. The van der Waals surface area contributed by atoms with Crippen molar-refractivity contribution in [2.24, 2.45) is 0 Å². The van der Waals surface area contributed by atoms with Crippen molar-refractivity contribution in [1.82, 2.24) is 14.9 Å². The molecule has 1 aromatic heterocycles. The molecule has 1 aromatic rings. The molecule has 0 fully saturated rings. The number of hydrogen-bond acceptors (Lipinski definition) is 4. The first-order valence-corrected chi connectivity index (χ1v) is 6.29. The number of nitrogens with one attached hydrogen (secondary N) is 1. The molecule has 1 amide bonds. The molecule has 0 radical (unpaired) electrons. The third-order valence-electron chi connectivity index (χ3n) is 2.20. The largest absolute Gasteiger partial charge is 0.369 e. The Morgan fingerprint density at radius 3 is 2.76 bits per heavy atom. The summed E-state index contributed by atoms with van der Waals surface area (Å²) in [5.74, 6) is 1.62. The second-order valence-electron chi connectivity index (χ2n) is 3.81. The minimum Gasteiger partial charge on any atom is -0.369 e.